The first-order chi connectivity index (χ1) is 7.39. The van der Waals surface area contributed by atoms with Crippen molar-refractivity contribution < 1.29 is 9.59 Å². The van der Waals surface area contributed by atoms with Crippen LogP contribution in [0.3, 0.4) is 0 Å². The molecule has 16 heavy (non-hydrogen) atoms. The number of carbonyl (C=O) groups is 2. The van der Waals surface area contributed by atoms with Crippen LogP contribution < -0.4 is 0 Å². The standard InChI is InChI=1S/C14H18O2/c1-14(2,3)10-6-8-7-4-9(11(15)5-7)12(8)13(10)16/h6-9,12H,4-5H2,1-3H3/t7-,8-,9+,12-/m0/s1. The number of Topliss-reactive ketones (excluding diaryl/α,β-unsaturated/α-hetero) is 2. The number of hydrogen-bond donors (Lipinski definition) is 0. The monoisotopic (exact) mass is 218 g/mol. The lowest BCUT2D eigenvalue weighted by Crippen LogP contribution is -2.30. The summed E-state index contributed by atoms with van der Waals surface area (Å²) in [6.45, 7) is 6.25. The van der Waals surface area contributed by atoms with E-state index in [4.69, 9.17) is 0 Å². The second-order valence-corrected chi connectivity index (χ2v) is 6.57. The summed E-state index contributed by atoms with van der Waals surface area (Å²) in [5, 5.41) is 0. The van der Waals surface area contributed by atoms with Crippen LogP contribution in [0.4, 0.5) is 0 Å². The van der Waals surface area contributed by atoms with Gasteiger partial charge in [0.15, 0.2) is 5.78 Å². The quantitative estimate of drug-likeness (QED) is 0.625. The molecule has 2 saturated carbocycles. The van der Waals surface area contributed by atoms with E-state index in [9.17, 15) is 9.59 Å². The average molecular weight is 218 g/mol. The minimum atomic E-state index is -0.0656. The van der Waals surface area contributed by atoms with Gasteiger partial charge in [0.1, 0.15) is 5.78 Å². The second kappa shape index (κ2) is 2.85. The van der Waals surface area contributed by atoms with Gasteiger partial charge in [-0.25, -0.2) is 0 Å². The maximum absolute atomic E-state index is 12.3. The third-order valence-electron chi connectivity index (χ3n) is 4.56. The van der Waals surface area contributed by atoms with Gasteiger partial charge in [-0.15, -0.1) is 0 Å². The van der Waals surface area contributed by atoms with E-state index in [1.807, 2.05) is 0 Å². The van der Waals surface area contributed by atoms with Crippen molar-refractivity contribution in [3.63, 3.8) is 0 Å². The zero-order chi connectivity index (χ0) is 11.7. The highest BCUT2D eigenvalue weighted by molar-refractivity contribution is 6.05. The minimum absolute atomic E-state index is 0.0143. The van der Waals surface area contributed by atoms with Crippen LogP contribution in [0.1, 0.15) is 33.6 Å². The molecule has 2 nitrogen and oxygen atoms in total. The van der Waals surface area contributed by atoms with Crippen molar-refractivity contribution in [3.8, 4) is 0 Å². The molecule has 0 heterocycles. The summed E-state index contributed by atoms with van der Waals surface area (Å²) in [4.78, 5) is 24.1. The number of allylic oxidation sites excluding steroid dienone is 2. The fourth-order valence-corrected chi connectivity index (χ4v) is 3.82. The van der Waals surface area contributed by atoms with Gasteiger partial charge in [0.05, 0.1) is 0 Å². The van der Waals surface area contributed by atoms with Crippen LogP contribution in [0.25, 0.3) is 0 Å². The molecule has 2 fully saturated rings. The second-order valence-electron chi connectivity index (χ2n) is 6.57. The number of fused-ring (bicyclic) bond motifs is 5. The van der Waals surface area contributed by atoms with Crippen molar-refractivity contribution in [2.24, 2.45) is 29.1 Å². The molecule has 0 saturated heterocycles. The van der Waals surface area contributed by atoms with Crippen LogP contribution in [0, 0.1) is 29.1 Å². The van der Waals surface area contributed by atoms with E-state index in [1.165, 1.54) is 0 Å². The molecular formula is C14H18O2. The Balaban J connectivity index is 1.99. The summed E-state index contributed by atoms with van der Waals surface area (Å²) >= 11 is 0. The van der Waals surface area contributed by atoms with Gasteiger partial charge in [0.25, 0.3) is 0 Å². The highest BCUT2D eigenvalue weighted by Gasteiger charge is 2.58. The highest BCUT2D eigenvalue weighted by Crippen LogP contribution is 2.56. The van der Waals surface area contributed by atoms with E-state index in [2.05, 4.69) is 26.8 Å². The number of rotatable bonds is 0. The van der Waals surface area contributed by atoms with E-state index in [0.29, 0.717) is 24.0 Å². The predicted octanol–water partition coefficient (Wildman–Crippen LogP) is 2.38. The van der Waals surface area contributed by atoms with Gasteiger partial charge in [-0.2, -0.15) is 0 Å². The van der Waals surface area contributed by atoms with Gasteiger partial charge in [0.2, 0.25) is 0 Å². The summed E-state index contributed by atoms with van der Waals surface area (Å²) in [5.74, 6) is 1.51. The van der Waals surface area contributed by atoms with E-state index in [1.54, 1.807) is 0 Å². The molecule has 2 bridgehead atoms. The van der Waals surface area contributed by atoms with Crippen molar-refractivity contribution >= 4 is 11.6 Å². The molecule has 0 aliphatic heterocycles. The van der Waals surface area contributed by atoms with Crippen LogP contribution in [0.5, 0.6) is 0 Å². The van der Waals surface area contributed by atoms with E-state index >= 15 is 0 Å². The Labute approximate surface area is 96.1 Å². The molecule has 0 amide bonds. The molecule has 0 spiro atoms. The molecule has 4 atom stereocenters. The van der Waals surface area contributed by atoms with Gasteiger partial charge in [0, 0.05) is 18.3 Å². The topological polar surface area (TPSA) is 34.1 Å². The van der Waals surface area contributed by atoms with Crippen LogP contribution in [0.2, 0.25) is 0 Å². The Hall–Kier alpha value is -0.920. The summed E-state index contributed by atoms with van der Waals surface area (Å²) in [5.41, 5.74) is 0.899. The fourth-order valence-electron chi connectivity index (χ4n) is 3.82. The molecule has 3 aliphatic rings. The van der Waals surface area contributed by atoms with Gasteiger partial charge < -0.3 is 0 Å². The van der Waals surface area contributed by atoms with Gasteiger partial charge in [-0.1, -0.05) is 26.8 Å². The molecular weight excluding hydrogens is 200 g/mol. The lowest BCUT2D eigenvalue weighted by Gasteiger charge is -2.23. The van der Waals surface area contributed by atoms with Gasteiger partial charge in [-0.05, 0) is 29.2 Å². The predicted molar refractivity (Wildman–Crippen MR) is 60.7 cm³/mol. The Morgan fingerprint density at radius 1 is 1.25 bits per heavy atom. The Morgan fingerprint density at radius 3 is 2.56 bits per heavy atom. The minimum Gasteiger partial charge on any atom is -0.299 e. The van der Waals surface area contributed by atoms with Crippen LogP contribution in [-0.2, 0) is 9.59 Å². The molecule has 0 aromatic heterocycles. The SMILES string of the molecule is CC(C)(C)C1=C[C@H]2[C@@H]3CC(=O)[C@@H](C3)[C@H]2C1=O. The average Bonchev–Trinajstić information content (AvgIpc) is 2.74. The number of hydrogen-bond acceptors (Lipinski definition) is 2. The first-order valence-electron chi connectivity index (χ1n) is 6.19. The summed E-state index contributed by atoms with van der Waals surface area (Å²) in [6, 6.07) is 0. The smallest absolute Gasteiger partial charge is 0.163 e. The molecule has 0 unspecified atom stereocenters. The van der Waals surface area contributed by atoms with Gasteiger partial charge >= 0.3 is 0 Å². The molecule has 3 aliphatic carbocycles. The van der Waals surface area contributed by atoms with Crippen molar-refractivity contribution in [2.45, 2.75) is 33.6 Å². The first kappa shape index (κ1) is 10.2. The van der Waals surface area contributed by atoms with E-state index < -0.39 is 0 Å². The highest BCUT2D eigenvalue weighted by atomic mass is 16.1. The number of ketones is 2. The van der Waals surface area contributed by atoms with Crippen LogP contribution in [-0.4, -0.2) is 11.6 Å². The molecule has 0 aromatic rings. The van der Waals surface area contributed by atoms with Crippen LogP contribution in [0.15, 0.2) is 11.6 Å². The van der Waals surface area contributed by atoms with Crippen molar-refractivity contribution in [1.29, 1.82) is 0 Å². The summed E-state index contributed by atoms with van der Waals surface area (Å²) < 4.78 is 0. The van der Waals surface area contributed by atoms with E-state index in [0.717, 1.165) is 12.0 Å². The van der Waals surface area contributed by atoms with Crippen LogP contribution >= 0.6 is 0 Å². The van der Waals surface area contributed by atoms with Crippen molar-refractivity contribution in [2.75, 3.05) is 0 Å². The Kier molecular flexibility index (Phi) is 1.82. The lowest BCUT2D eigenvalue weighted by molar-refractivity contribution is -0.130. The summed E-state index contributed by atoms with van der Waals surface area (Å²) in [7, 11) is 0. The largest absolute Gasteiger partial charge is 0.299 e. The molecule has 0 radical (unpaired) electrons. The maximum atomic E-state index is 12.3. The number of carbonyl (C=O) groups excluding carboxylic acids is 2. The molecule has 86 valence electrons. The zero-order valence-electron chi connectivity index (χ0n) is 10.1. The first-order valence-corrected chi connectivity index (χ1v) is 6.19. The van der Waals surface area contributed by atoms with Gasteiger partial charge in [-0.3, -0.25) is 9.59 Å². The molecule has 3 rings (SSSR count). The third kappa shape index (κ3) is 1.13. The Bertz CT molecular complexity index is 411. The zero-order valence-corrected chi connectivity index (χ0v) is 10.1. The summed E-state index contributed by atoms with van der Waals surface area (Å²) in [6.07, 6.45) is 3.87. The molecule has 0 aromatic carbocycles. The van der Waals surface area contributed by atoms with Crippen molar-refractivity contribution in [3.05, 3.63) is 11.6 Å². The van der Waals surface area contributed by atoms with Crippen molar-refractivity contribution in [1.82, 2.24) is 0 Å². The fraction of sp³-hybridized carbons (Fsp3) is 0.714. The normalized spacial score (nSPS) is 41.6. The molecule has 0 N–H and O–H groups in total. The maximum Gasteiger partial charge on any atom is 0.163 e. The molecule has 2 heteroatoms. The Morgan fingerprint density at radius 2 is 1.94 bits per heavy atom. The lowest BCUT2D eigenvalue weighted by atomic mass is 9.78. The van der Waals surface area contributed by atoms with E-state index in [-0.39, 0.29) is 23.0 Å². The third-order valence-corrected chi connectivity index (χ3v) is 4.56.